The number of ether oxygens (including phenoxy) is 1. The van der Waals surface area contributed by atoms with Crippen molar-refractivity contribution < 1.29 is 4.74 Å². The van der Waals surface area contributed by atoms with Crippen LogP contribution >= 0.6 is 23.1 Å². The zero-order valence-electron chi connectivity index (χ0n) is 16.1. The average molecular weight is 412 g/mol. The predicted molar refractivity (Wildman–Crippen MR) is 114 cm³/mol. The summed E-state index contributed by atoms with van der Waals surface area (Å²) in [5.74, 6) is 1.24. The number of para-hydroxylation sites is 2. The Kier molecular flexibility index (Phi) is 5.17. The van der Waals surface area contributed by atoms with Gasteiger partial charge in [-0.3, -0.25) is 9.36 Å². The number of thioether (sulfide) groups is 1. The van der Waals surface area contributed by atoms with E-state index in [1.165, 1.54) is 16.6 Å². The van der Waals surface area contributed by atoms with Crippen LogP contribution in [0.15, 0.2) is 34.2 Å². The van der Waals surface area contributed by atoms with E-state index in [2.05, 4.69) is 13.0 Å². The fraction of sp³-hybridized carbons (Fsp3) is 0.381. The fourth-order valence-electron chi connectivity index (χ4n) is 3.66. The zero-order valence-corrected chi connectivity index (χ0v) is 17.7. The summed E-state index contributed by atoms with van der Waals surface area (Å²) >= 11 is 2.93. The lowest BCUT2D eigenvalue weighted by Crippen LogP contribution is -2.23. The summed E-state index contributed by atoms with van der Waals surface area (Å²) in [5.41, 5.74) is 1.74. The lowest BCUT2D eigenvalue weighted by molar-refractivity contribution is 0.411. The van der Waals surface area contributed by atoms with Gasteiger partial charge >= 0.3 is 0 Å². The van der Waals surface area contributed by atoms with Crippen LogP contribution in [-0.2, 0) is 12.8 Å². The van der Waals surface area contributed by atoms with Crippen LogP contribution in [0, 0.1) is 17.2 Å². The van der Waals surface area contributed by atoms with Gasteiger partial charge in [-0.15, -0.1) is 11.3 Å². The lowest BCUT2D eigenvalue weighted by Gasteiger charge is -2.18. The van der Waals surface area contributed by atoms with Crippen LogP contribution in [-0.4, -0.2) is 21.9 Å². The van der Waals surface area contributed by atoms with Crippen molar-refractivity contribution in [2.75, 3.05) is 7.11 Å². The number of methoxy groups -OCH3 is 1. The maximum atomic E-state index is 13.7. The first-order chi connectivity index (χ1) is 13.5. The summed E-state index contributed by atoms with van der Waals surface area (Å²) in [6.45, 7) is 4.07. The Hall–Kier alpha value is -2.30. The molecule has 1 aliphatic rings. The number of nitrogens with zero attached hydrogens (tertiary/aromatic N) is 3. The molecule has 0 spiro atoms. The second-order valence-electron chi connectivity index (χ2n) is 7.13. The molecule has 0 saturated carbocycles. The third kappa shape index (κ3) is 3.21. The molecule has 0 aliphatic heterocycles. The molecule has 28 heavy (non-hydrogen) atoms. The van der Waals surface area contributed by atoms with Crippen molar-refractivity contribution in [2.24, 2.45) is 5.92 Å². The largest absolute Gasteiger partial charge is 0.495 e. The number of hydrogen-bond donors (Lipinski definition) is 0. The Labute approximate surface area is 172 Å². The Morgan fingerprint density at radius 3 is 2.96 bits per heavy atom. The maximum Gasteiger partial charge on any atom is 0.267 e. The maximum absolute atomic E-state index is 13.7. The molecule has 7 heteroatoms. The predicted octanol–water partition coefficient (Wildman–Crippen LogP) is 4.58. The summed E-state index contributed by atoms with van der Waals surface area (Å²) < 4.78 is 7.12. The number of nitriles is 1. The van der Waals surface area contributed by atoms with Gasteiger partial charge in [-0.2, -0.15) is 5.26 Å². The molecule has 4 rings (SSSR count). The van der Waals surface area contributed by atoms with Crippen molar-refractivity contribution in [3.8, 4) is 17.5 Å². The third-order valence-electron chi connectivity index (χ3n) is 5.09. The number of rotatable bonds is 4. The fourth-order valence-corrected chi connectivity index (χ4v) is 5.89. The summed E-state index contributed by atoms with van der Waals surface area (Å²) in [7, 11) is 1.59. The molecule has 0 amide bonds. The van der Waals surface area contributed by atoms with Gasteiger partial charge in [0.2, 0.25) is 0 Å². The molecule has 1 aromatic carbocycles. The molecule has 144 valence electrons. The van der Waals surface area contributed by atoms with E-state index in [-0.39, 0.29) is 10.8 Å². The van der Waals surface area contributed by atoms with Gasteiger partial charge in [0.25, 0.3) is 5.56 Å². The van der Waals surface area contributed by atoms with Crippen molar-refractivity contribution in [2.45, 2.75) is 43.5 Å². The smallest absolute Gasteiger partial charge is 0.267 e. The quantitative estimate of drug-likeness (QED) is 0.464. The standard InChI is InChI=1S/C21H21N3O2S2/c1-12-8-9-14-17(10-12)28-19-18(14)20(25)24(21(23-19)27-13(2)11-22)15-6-4-5-7-16(15)26-3/h4-7,12-13H,8-10H2,1-3H3/t12-,13-/m0/s1. The van der Waals surface area contributed by atoms with Crippen LogP contribution in [0.1, 0.15) is 30.7 Å². The minimum absolute atomic E-state index is 0.0748. The van der Waals surface area contributed by atoms with Gasteiger partial charge in [-0.05, 0) is 49.8 Å². The minimum Gasteiger partial charge on any atom is -0.495 e. The highest BCUT2D eigenvalue weighted by molar-refractivity contribution is 8.00. The normalized spacial score (nSPS) is 17.1. The Morgan fingerprint density at radius 2 is 2.21 bits per heavy atom. The first kappa shape index (κ1) is 19.0. The SMILES string of the molecule is COc1ccccc1-n1c(S[C@@H](C)C#N)nc2sc3c(c2c1=O)CC[C@H](C)C3. The van der Waals surface area contributed by atoms with Gasteiger partial charge in [0.15, 0.2) is 5.16 Å². The first-order valence-corrected chi connectivity index (χ1v) is 11.0. The highest BCUT2D eigenvalue weighted by Gasteiger charge is 2.26. The van der Waals surface area contributed by atoms with E-state index in [9.17, 15) is 10.1 Å². The molecule has 5 nitrogen and oxygen atoms in total. The van der Waals surface area contributed by atoms with E-state index in [1.807, 2.05) is 31.2 Å². The van der Waals surface area contributed by atoms with Crippen LogP contribution in [0.25, 0.3) is 15.9 Å². The molecule has 2 atom stereocenters. The zero-order chi connectivity index (χ0) is 19.8. The second-order valence-corrected chi connectivity index (χ2v) is 9.52. The number of aromatic nitrogens is 2. The Morgan fingerprint density at radius 1 is 1.43 bits per heavy atom. The molecule has 1 aliphatic carbocycles. The van der Waals surface area contributed by atoms with Gasteiger partial charge in [-0.25, -0.2) is 4.98 Å². The van der Waals surface area contributed by atoms with Crippen LogP contribution in [0.2, 0.25) is 0 Å². The Bertz CT molecular complexity index is 1140. The highest BCUT2D eigenvalue weighted by Crippen LogP contribution is 2.38. The molecule has 0 unspecified atom stereocenters. The second kappa shape index (κ2) is 7.61. The number of benzene rings is 1. The molecule has 3 aromatic rings. The number of thiophene rings is 1. The van der Waals surface area contributed by atoms with Crippen LogP contribution in [0.3, 0.4) is 0 Å². The summed E-state index contributed by atoms with van der Waals surface area (Å²) in [6.07, 6.45) is 3.01. The van der Waals surface area contributed by atoms with Crippen molar-refractivity contribution in [1.29, 1.82) is 5.26 Å². The topological polar surface area (TPSA) is 67.9 Å². The highest BCUT2D eigenvalue weighted by atomic mass is 32.2. The van der Waals surface area contributed by atoms with E-state index in [4.69, 9.17) is 9.72 Å². The third-order valence-corrected chi connectivity index (χ3v) is 7.18. The van der Waals surface area contributed by atoms with Crippen LogP contribution in [0.4, 0.5) is 0 Å². The lowest BCUT2D eigenvalue weighted by atomic mass is 9.89. The molecule has 2 aromatic heterocycles. The van der Waals surface area contributed by atoms with Gasteiger partial charge in [0.05, 0.1) is 29.5 Å². The molecule has 0 N–H and O–H groups in total. The molecule has 0 bridgehead atoms. The van der Waals surface area contributed by atoms with Crippen molar-refractivity contribution in [3.63, 3.8) is 0 Å². The van der Waals surface area contributed by atoms with E-state index < -0.39 is 0 Å². The number of fused-ring (bicyclic) bond motifs is 3. The van der Waals surface area contributed by atoms with E-state index in [0.29, 0.717) is 22.5 Å². The van der Waals surface area contributed by atoms with Gasteiger partial charge in [-0.1, -0.05) is 30.8 Å². The van der Waals surface area contributed by atoms with Crippen LogP contribution in [0.5, 0.6) is 5.75 Å². The Balaban J connectivity index is 2.03. The molecular formula is C21H21N3O2S2. The van der Waals surface area contributed by atoms with E-state index in [0.717, 1.165) is 35.0 Å². The first-order valence-electron chi connectivity index (χ1n) is 9.30. The average Bonchev–Trinajstić information content (AvgIpc) is 3.05. The molecule has 0 fully saturated rings. The minimum atomic E-state index is -0.320. The summed E-state index contributed by atoms with van der Waals surface area (Å²) in [4.78, 5) is 20.6. The molecular weight excluding hydrogens is 390 g/mol. The van der Waals surface area contributed by atoms with Crippen molar-refractivity contribution in [3.05, 3.63) is 45.1 Å². The summed E-state index contributed by atoms with van der Waals surface area (Å²) in [5, 5.41) is 10.2. The van der Waals surface area contributed by atoms with Gasteiger partial charge in [0.1, 0.15) is 10.6 Å². The van der Waals surface area contributed by atoms with Crippen LogP contribution < -0.4 is 10.3 Å². The summed E-state index contributed by atoms with van der Waals surface area (Å²) in [6, 6.07) is 9.66. The molecule has 0 saturated heterocycles. The van der Waals surface area contributed by atoms with Crippen molar-refractivity contribution in [1.82, 2.24) is 9.55 Å². The monoisotopic (exact) mass is 411 g/mol. The molecule has 0 radical (unpaired) electrons. The van der Waals surface area contributed by atoms with Gasteiger partial charge in [0, 0.05) is 4.88 Å². The van der Waals surface area contributed by atoms with E-state index >= 15 is 0 Å². The van der Waals surface area contributed by atoms with Gasteiger partial charge < -0.3 is 4.74 Å². The van der Waals surface area contributed by atoms with E-state index in [1.54, 1.807) is 23.0 Å². The van der Waals surface area contributed by atoms with Crippen molar-refractivity contribution >= 4 is 33.3 Å². The molecule has 2 heterocycles. The number of hydrogen-bond acceptors (Lipinski definition) is 6. The number of aryl methyl sites for hydroxylation is 1.